The van der Waals surface area contributed by atoms with Crippen molar-refractivity contribution in [2.45, 2.75) is 20.8 Å². The van der Waals surface area contributed by atoms with Gasteiger partial charge in [-0.15, -0.1) is 0 Å². The second-order valence-corrected chi connectivity index (χ2v) is 3.36. The molecule has 0 aliphatic carbocycles. The number of hydrogen-bond acceptors (Lipinski definition) is 3. The van der Waals surface area contributed by atoms with E-state index >= 15 is 0 Å². The molecule has 0 unspecified atom stereocenters. The maximum Gasteiger partial charge on any atom is 0.199 e. The van der Waals surface area contributed by atoms with Crippen LogP contribution in [0.2, 0.25) is 0 Å². The quantitative estimate of drug-likeness (QED) is 0.357. The molecule has 3 nitrogen and oxygen atoms in total. The molecular weight excluding hydrogens is 152 g/mol. The average molecular weight is 163 g/mol. The number of halogens is 1. The molecule has 0 saturated carbocycles. The van der Waals surface area contributed by atoms with Crippen LogP contribution in [-0.2, 0) is 4.79 Å². The SMILES string of the molecule is CC(C)(C)C(=O)C(Cl)=NN. The Morgan fingerprint density at radius 1 is 1.50 bits per heavy atom. The van der Waals surface area contributed by atoms with Gasteiger partial charge in [-0.3, -0.25) is 4.79 Å². The smallest absolute Gasteiger partial charge is 0.199 e. The lowest BCUT2D eigenvalue weighted by Crippen LogP contribution is -2.26. The van der Waals surface area contributed by atoms with Crippen molar-refractivity contribution in [2.24, 2.45) is 16.4 Å². The molecule has 0 aliphatic rings. The van der Waals surface area contributed by atoms with Gasteiger partial charge < -0.3 is 5.84 Å². The molecule has 0 aromatic rings. The van der Waals surface area contributed by atoms with E-state index in [9.17, 15) is 4.79 Å². The zero-order chi connectivity index (χ0) is 8.36. The first kappa shape index (κ1) is 9.43. The number of hydrogen-bond donors (Lipinski definition) is 1. The minimum Gasteiger partial charge on any atom is -0.322 e. The lowest BCUT2D eigenvalue weighted by molar-refractivity contribution is -0.119. The van der Waals surface area contributed by atoms with Crippen LogP contribution in [0.5, 0.6) is 0 Å². The lowest BCUT2D eigenvalue weighted by atomic mass is 9.91. The Morgan fingerprint density at radius 3 is 2.00 bits per heavy atom. The minimum atomic E-state index is -0.500. The van der Waals surface area contributed by atoms with Gasteiger partial charge in [0.25, 0.3) is 0 Å². The predicted octanol–water partition coefficient (Wildman–Crippen LogP) is 1.11. The van der Waals surface area contributed by atoms with E-state index in [0.29, 0.717) is 0 Å². The van der Waals surface area contributed by atoms with E-state index < -0.39 is 5.41 Å². The second kappa shape index (κ2) is 3.01. The van der Waals surface area contributed by atoms with Crippen molar-refractivity contribution >= 4 is 22.6 Å². The average Bonchev–Trinajstić information content (AvgIpc) is 1.83. The van der Waals surface area contributed by atoms with E-state index in [-0.39, 0.29) is 11.0 Å². The van der Waals surface area contributed by atoms with Gasteiger partial charge in [-0.25, -0.2) is 0 Å². The van der Waals surface area contributed by atoms with Crippen LogP contribution in [0.15, 0.2) is 5.10 Å². The maximum atomic E-state index is 11.1. The van der Waals surface area contributed by atoms with Crippen molar-refractivity contribution < 1.29 is 4.79 Å². The van der Waals surface area contributed by atoms with E-state index in [1.54, 1.807) is 20.8 Å². The van der Waals surface area contributed by atoms with Crippen LogP contribution in [0.4, 0.5) is 0 Å². The minimum absolute atomic E-state index is 0.146. The summed E-state index contributed by atoms with van der Waals surface area (Å²) in [6.45, 7) is 5.26. The molecule has 0 saturated heterocycles. The molecule has 0 heterocycles. The summed E-state index contributed by atoms with van der Waals surface area (Å²) < 4.78 is 0. The topological polar surface area (TPSA) is 55.5 Å². The van der Waals surface area contributed by atoms with Crippen LogP contribution < -0.4 is 5.84 Å². The Balaban J connectivity index is 4.39. The zero-order valence-corrected chi connectivity index (χ0v) is 7.07. The molecule has 58 valence electrons. The summed E-state index contributed by atoms with van der Waals surface area (Å²) in [6.07, 6.45) is 0. The third-order valence-corrected chi connectivity index (χ3v) is 1.25. The highest BCUT2D eigenvalue weighted by atomic mass is 35.5. The summed E-state index contributed by atoms with van der Waals surface area (Å²) >= 11 is 5.38. The number of ketones is 1. The predicted molar refractivity (Wildman–Crippen MR) is 41.9 cm³/mol. The van der Waals surface area contributed by atoms with Gasteiger partial charge in [-0.1, -0.05) is 32.4 Å². The molecule has 4 heteroatoms. The molecule has 10 heavy (non-hydrogen) atoms. The highest BCUT2D eigenvalue weighted by molar-refractivity contribution is 6.83. The molecule has 0 radical (unpaired) electrons. The lowest BCUT2D eigenvalue weighted by Gasteiger charge is -2.13. The fraction of sp³-hybridized carbons (Fsp3) is 0.667. The molecule has 0 rings (SSSR count). The van der Waals surface area contributed by atoms with Crippen molar-refractivity contribution in [3.63, 3.8) is 0 Å². The van der Waals surface area contributed by atoms with Crippen LogP contribution in [-0.4, -0.2) is 11.0 Å². The van der Waals surface area contributed by atoms with Gasteiger partial charge in [-0.05, 0) is 0 Å². The van der Waals surface area contributed by atoms with Crippen LogP contribution in [0.25, 0.3) is 0 Å². The number of carbonyl (C=O) groups excluding carboxylic acids is 1. The largest absolute Gasteiger partial charge is 0.322 e. The van der Waals surface area contributed by atoms with E-state index in [4.69, 9.17) is 17.4 Å². The monoisotopic (exact) mass is 162 g/mol. The molecule has 0 bridgehead atoms. The molecule has 0 spiro atoms. The Morgan fingerprint density at radius 2 is 1.90 bits per heavy atom. The van der Waals surface area contributed by atoms with Gasteiger partial charge >= 0.3 is 0 Å². The van der Waals surface area contributed by atoms with Crippen molar-refractivity contribution in [1.82, 2.24) is 0 Å². The van der Waals surface area contributed by atoms with Gasteiger partial charge in [0.05, 0.1) is 0 Å². The Kier molecular flexibility index (Phi) is 2.84. The fourth-order valence-corrected chi connectivity index (χ4v) is 0.652. The standard InChI is InChI=1S/C6H11ClN2O/c1-6(2,3)4(10)5(7)9-8/h8H2,1-3H3. The summed E-state index contributed by atoms with van der Waals surface area (Å²) in [5.74, 6) is 4.57. The summed E-state index contributed by atoms with van der Waals surface area (Å²) in [5, 5.41) is 2.94. The van der Waals surface area contributed by atoms with E-state index in [2.05, 4.69) is 5.10 Å². The molecule has 0 aromatic carbocycles. The molecule has 0 aromatic heterocycles. The number of nitrogens with zero attached hydrogens (tertiary/aromatic N) is 1. The van der Waals surface area contributed by atoms with Crippen LogP contribution in [0, 0.1) is 5.41 Å². The molecule has 0 aliphatic heterocycles. The van der Waals surface area contributed by atoms with Crippen molar-refractivity contribution in [1.29, 1.82) is 0 Å². The fourth-order valence-electron chi connectivity index (χ4n) is 0.368. The highest BCUT2D eigenvalue weighted by Crippen LogP contribution is 2.16. The van der Waals surface area contributed by atoms with E-state index in [0.717, 1.165) is 0 Å². The first-order valence-electron chi connectivity index (χ1n) is 2.87. The van der Waals surface area contributed by atoms with Gasteiger partial charge in [0.15, 0.2) is 11.0 Å². The van der Waals surface area contributed by atoms with Crippen LogP contribution in [0.1, 0.15) is 20.8 Å². The summed E-state index contributed by atoms with van der Waals surface area (Å²) in [6, 6.07) is 0. The van der Waals surface area contributed by atoms with E-state index in [1.807, 2.05) is 0 Å². The maximum absolute atomic E-state index is 11.1. The number of rotatable bonds is 1. The Labute approximate surface area is 65.2 Å². The van der Waals surface area contributed by atoms with Crippen molar-refractivity contribution in [3.8, 4) is 0 Å². The Hall–Kier alpha value is -0.570. The zero-order valence-electron chi connectivity index (χ0n) is 6.31. The van der Waals surface area contributed by atoms with E-state index in [1.165, 1.54) is 0 Å². The summed E-state index contributed by atoms with van der Waals surface area (Å²) in [7, 11) is 0. The van der Waals surface area contributed by atoms with Crippen molar-refractivity contribution in [3.05, 3.63) is 0 Å². The first-order valence-corrected chi connectivity index (χ1v) is 3.25. The van der Waals surface area contributed by atoms with Gasteiger partial charge in [0, 0.05) is 5.41 Å². The summed E-state index contributed by atoms with van der Waals surface area (Å²) in [5.41, 5.74) is -0.500. The van der Waals surface area contributed by atoms with Crippen molar-refractivity contribution in [2.75, 3.05) is 0 Å². The molecule has 0 amide bonds. The van der Waals surface area contributed by atoms with Gasteiger partial charge in [0.1, 0.15) is 0 Å². The van der Waals surface area contributed by atoms with Crippen LogP contribution >= 0.6 is 11.6 Å². The summed E-state index contributed by atoms with van der Waals surface area (Å²) in [4.78, 5) is 11.1. The third kappa shape index (κ3) is 2.35. The molecular formula is C6H11ClN2O. The van der Waals surface area contributed by atoms with Gasteiger partial charge in [0.2, 0.25) is 0 Å². The first-order chi connectivity index (χ1) is 4.39. The second-order valence-electron chi connectivity index (χ2n) is 3.00. The number of nitrogens with two attached hydrogens (primary N) is 1. The number of Topliss-reactive ketones (excluding diaryl/α,β-unsaturated/α-hetero) is 1. The Bertz CT molecular complexity index is 169. The normalized spacial score (nSPS) is 13.4. The highest BCUT2D eigenvalue weighted by Gasteiger charge is 2.24. The number of hydrazone groups is 1. The number of carbonyl (C=O) groups is 1. The molecule has 0 fully saturated rings. The molecule has 0 atom stereocenters. The van der Waals surface area contributed by atoms with Gasteiger partial charge in [-0.2, -0.15) is 5.10 Å². The third-order valence-electron chi connectivity index (χ3n) is 0.982. The molecule has 2 N–H and O–H groups in total. The van der Waals surface area contributed by atoms with Crippen LogP contribution in [0.3, 0.4) is 0 Å².